The van der Waals surface area contributed by atoms with E-state index in [2.05, 4.69) is 93.8 Å². The van der Waals surface area contributed by atoms with Crippen LogP contribution in [-0.2, 0) is 10.4 Å². The Morgan fingerprint density at radius 1 is 0.821 bits per heavy atom. The monoisotopic (exact) mass is 518 g/mol. The predicted molar refractivity (Wildman–Crippen MR) is 174 cm³/mol. The van der Waals surface area contributed by atoms with Crippen molar-refractivity contribution in [3.05, 3.63) is 89.5 Å². The molecule has 0 atom stereocenters. The standard InChI is InChI=1S/C31H26B4N2OS/c1-29(2)30(32,33)21-13-11-16(14-22(21)31(29,34)35)25-17(15-36)10-12-19-18-6-5-7-20(26(18)38-27(19)25)28-37-23-8-3-4-9-24(23)39-28/h3-14H,32-35H2,1-2H3. The highest BCUT2D eigenvalue weighted by Crippen LogP contribution is 2.57. The normalized spacial score (nSPS) is 16.9. The first-order valence-electron chi connectivity index (χ1n) is 13.5. The van der Waals surface area contributed by atoms with E-state index in [1.807, 2.05) is 30.3 Å². The zero-order valence-electron chi connectivity index (χ0n) is 23.1. The quantitative estimate of drug-likeness (QED) is 0.322. The average molecular weight is 518 g/mol. The van der Waals surface area contributed by atoms with Crippen LogP contribution in [0.4, 0.5) is 0 Å². The number of hydrogen-bond donors (Lipinski definition) is 0. The van der Waals surface area contributed by atoms with Gasteiger partial charge < -0.3 is 4.42 Å². The Kier molecular flexibility index (Phi) is 4.95. The molecule has 0 bridgehead atoms. The summed E-state index contributed by atoms with van der Waals surface area (Å²) in [6, 6.07) is 27.6. The van der Waals surface area contributed by atoms with Gasteiger partial charge in [0.2, 0.25) is 0 Å². The molecule has 39 heavy (non-hydrogen) atoms. The van der Waals surface area contributed by atoms with E-state index in [1.165, 1.54) is 11.1 Å². The van der Waals surface area contributed by atoms with E-state index in [1.54, 1.807) is 11.3 Å². The lowest BCUT2D eigenvalue weighted by molar-refractivity contribution is 0.306. The van der Waals surface area contributed by atoms with E-state index < -0.39 is 0 Å². The fourth-order valence-electron chi connectivity index (χ4n) is 6.61. The Morgan fingerprint density at radius 2 is 1.56 bits per heavy atom. The van der Waals surface area contributed by atoms with Crippen molar-refractivity contribution < 1.29 is 4.42 Å². The van der Waals surface area contributed by atoms with Gasteiger partial charge in [0, 0.05) is 16.3 Å². The lowest BCUT2D eigenvalue weighted by Crippen LogP contribution is -2.50. The first-order chi connectivity index (χ1) is 18.6. The maximum absolute atomic E-state index is 10.2. The average Bonchev–Trinajstić information content (AvgIpc) is 3.55. The maximum Gasteiger partial charge on any atom is 0.145 e. The van der Waals surface area contributed by atoms with Gasteiger partial charge in [-0.1, -0.05) is 77.9 Å². The summed E-state index contributed by atoms with van der Waals surface area (Å²) in [4.78, 5) is 4.91. The Hall–Kier alpha value is -3.68. The summed E-state index contributed by atoms with van der Waals surface area (Å²) in [6.07, 6.45) is 0. The molecular formula is C31H26B4N2OS. The minimum atomic E-state index is -0.0313. The van der Waals surface area contributed by atoms with Crippen LogP contribution in [0.5, 0.6) is 0 Å². The molecule has 0 saturated carbocycles. The molecule has 2 heterocycles. The number of benzene rings is 4. The number of para-hydroxylation sites is 2. The molecule has 0 amide bonds. The largest absolute Gasteiger partial charge is 0.455 e. The predicted octanol–water partition coefficient (Wildman–Crippen LogP) is 4.28. The summed E-state index contributed by atoms with van der Waals surface area (Å²) in [6.45, 7) is 4.74. The van der Waals surface area contributed by atoms with Crippen molar-refractivity contribution in [2.24, 2.45) is 5.41 Å². The summed E-state index contributed by atoms with van der Waals surface area (Å²) in [5.74, 6) is 0. The molecule has 184 valence electrons. The Balaban J connectivity index is 1.50. The molecule has 7 rings (SSSR count). The van der Waals surface area contributed by atoms with Gasteiger partial charge in [-0.05, 0) is 41.3 Å². The van der Waals surface area contributed by atoms with E-state index in [0.29, 0.717) is 5.56 Å². The number of rotatable bonds is 2. The maximum atomic E-state index is 10.2. The third-order valence-corrected chi connectivity index (χ3v) is 11.2. The number of thiazole rings is 1. The first kappa shape index (κ1) is 24.4. The van der Waals surface area contributed by atoms with Crippen molar-refractivity contribution in [3.8, 4) is 27.8 Å². The fourth-order valence-corrected chi connectivity index (χ4v) is 7.60. The molecule has 1 aliphatic rings. The van der Waals surface area contributed by atoms with Crippen LogP contribution in [0.1, 0.15) is 30.5 Å². The van der Waals surface area contributed by atoms with Crippen LogP contribution in [0.2, 0.25) is 0 Å². The van der Waals surface area contributed by atoms with E-state index in [0.717, 1.165) is 53.9 Å². The second kappa shape index (κ2) is 7.93. The number of nitriles is 1. The van der Waals surface area contributed by atoms with Crippen LogP contribution in [-0.4, -0.2) is 36.4 Å². The van der Waals surface area contributed by atoms with Crippen molar-refractivity contribution in [1.29, 1.82) is 5.26 Å². The molecule has 0 radical (unpaired) electrons. The van der Waals surface area contributed by atoms with Gasteiger partial charge in [-0.15, -0.1) is 11.3 Å². The second-order valence-corrected chi connectivity index (χ2v) is 13.4. The Bertz CT molecular complexity index is 2000. The molecular weight excluding hydrogens is 492 g/mol. The van der Waals surface area contributed by atoms with Crippen LogP contribution in [0.25, 0.3) is 53.9 Å². The zero-order chi connectivity index (χ0) is 27.3. The topological polar surface area (TPSA) is 49.8 Å². The molecule has 1 aliphatic carbocycles. The first-order valence-corrected chi connectivity index (χ1v) is 14.3. The van der Waals surface area contributed by atoms with E-state index >= 15 is 0 Å². The van der Waals surface area contributed by atoms with Crippen LogP contribution in [0, 0.1) is 16.7 Å². The van der Waals surface area contributed by atoms with E-state index in [-0.39, 0.29) is 15.8 Å². The van der Waals surface area contributed by atoms with Crippen molar-refractivity contribution in [2.75, 3.05) is 0 Å². The van der Waals surface area contributed by atoms with Crippen molar-refractivity contribution >= 4 is 74.9 Å². The number of aromatic nitrogens is 1. The summed E-state index contributed by atoms with van der Waals surface area (Å²) in [5.41, 5.74) is 8.85. The van der Waals surface area contributed by atoms with Crippen LogP contribution in [0.3, 0.4) is 0 Å². The molecule has 0 spiro atoms. The minimum Gasteiger partial charge on any atom is -0.455 e. The SMILES string of the molecule is BC1(B)c2ccc(-c3c(C#N)ccc4c3oc3c(-c5nc6ccccc6s5)cccc34)cc2C(B)(B)C1(C)C. The number of nitrogens with zero attached hydrogens (tertiary/aromatic N) is 2. The molecule has 0 N–H and O–H groups in total. The molecule has 2 aromatic heterocycles. The van der Waals surface area contributed by atoms with Gasteiger partial charge >= 0.3 is 0 Å². The van der Waals surface area contributed by atoms with Crippen molar-refractivity contribution in [3.63, 3.8) is 0 Å². The van der Waals surface area contributed by atoms with Gasteiger partial charge in [0.1, 0.15) is 47.6 Å². The molecule has 0 fully saturated rings. The lowest BCUT2D eigenvalue weighted by atomic mass is 9.33. The molecule has 3 nitrogen and oxygen atoms in total. The van der Waals surface area contributed by atoms with Crippen molar-refractivity contribution in [1.82, 2.24) is 4.98 Å². The zero-order valence-corrected chi connectivity index (χ0v) is 24.0. The van der Waals surface area contributed by atoms with Gasteiger partial charge in [-0.3, -0.25) is 0 Å². The summed E-state index contributed by atoms with van der Waals surface area (Å²) >= 11 is 1.67. The van der Waals surface area contributed by atoms with Crippen LogP contribution < -0.4 is 0 Å². The van der Waals surface area contributed by atoms with Crippen LogP contribution >= 0.6 is 11.3 Å². The second-order valence-electron chi connectivity index (χ2n) is 12.4. The molecule has 6 aromatic rings. The summed E-state index contributed by atoms with van der Waals surface area (Å²) in [5, 5.41) is 13.2. The Morgan fingerprint density at radius 3 is 2.33 bits per heavy atom. The highest BCUT2D eigenvalue weighted by molar-refractivity contribution is 7.21. The smallest absolute Gasteiger partial charge is 0.145 e. The molecule has 0 saturated heterocycles. The highest BCUT2D eigenvalue weighted by atomic mass is 32.1. The number of fused-ring (bicyclic) bond motifs is 5. The van der Waals surface area contributed by atoms with Gasteiger partial charge in [0.15, 0.2) is 0 Å². The van der Waals surface area contributed by atoms with Gasteiger partial charge in [-0.2, -0.15) is 5.26 Å². The molecule has 0 unspecified atom stereocenters. The third kappa shape index (κ3) is 3.11. The number of furan rings is 1. The minimum absolute atomic E-state index is 0.0277. The lowest BCUT2D eigenvalue weighted by Gasteiger charge is -2.45. The summed E-state index contributed by atoms with van der Waals surface area (Å²) in [7, 11) is 9.40. The summed E-state index contributed by atoms with van der Waals surface area (Å²) < 4.78 is 7.88. The third-order valence-electron chi connectivity index (χ3n) is 10.1. The highest BCUT2D eigenvalue weighted by Gasteiger charge is 2.55. The number of hydrogen-bond acceptors (Lipinski definition) is 4. The van der Waals surface area contributed by atoms with Crippen LogP contribution in [0.15, 0.2) is 77.2 Å². The molecule has 0 aliphatic heterocycles. The van der Waals surface area contributed by atoms with Crippen molar-refractivity contribution in [2.45, 2.75) is 24.3 Å². The molecule has 8 heteroatoms. The van der Waals surface area contributed by atoms with E-state index in [4.69, 9.17) is 9.40 Å². The van der Waals surface area contributed by atoms with Gasteiger partial charge in [-0.25, -0.2) is 4.98 Å². The van der Waals surface area contributed by atoms with Gasteiger partial charge in [0.25, 0.3) is 0 Å². The molecule has 4 aromatic carbocycles. The van der Waals surface area contributed by atoms with E-state index in [9.17, 15) is 5.26 Å². The van der Waals surface area contributed by atoms with Gasteiger partial charge in [0.05, 0.1) is 27.4 Å². The fraction of sp³-hybridized carbons (Fsp3) is 0.161. The Labute approximate surface area is 235 Å².